The van der Waals surface area contributed by atoms with E-state index in [0.29, 0.717) is 13.2 Å². The molecule has 2 aliphatic rings. The molecule has 2 aromatic rings. The SMILES string of the molecule is CC(C)(C)c1ncsc1C(=O)N1CC[C@@]2(C1)OCc1ccccc12. The van der Waals surface area contributed by atoms with E-state index in [1.807, 2.05) is 11.0 Å². The second-order valence-corrected chi connectivity index (χ2v) is 8.55. The molecular weight excluding hydrogens is 320 g/mol. The fourth-order valence-corrected chi connectivity index (χ4v) is 4.72. The maximum absolute atomic E-state index is 13.1. The van der Waals surface area contributed by atoms with Gasteiger partial charge >= 0.3 is 0 Å². The second kappa shape index (κ2) is 5.39. The van der Waals surface area contributed by atoms with Crippen molar-refractivity contribution in [2.75, 3.05) is 13.1 Å². The standard InChI is InChI=1S/C19H22N2O2S/c1-18(2,3)16-15(24-12-20-16)17(22)21-9-8-19(11-21)14-7-5-4-6-13(14)10-23-19/h4-7,12H,8-11H2,1-3H3/t19-/m0/s1. The fraction of sp³-hybridized carbons (Fsp3) is 0.474. The molecule has 0 unspecified atom stereocenters. The lowest BCUT2D eigenvalue weighted by atomic mass is 9.91. The number of amides is 1. The average Bonchev–Trinajstić information content (AvgIpc) is 3.27. The Balaban J connectivity index is 1.61. The Kier molecular flexibility index (Phi) is 3.55. The Morgan fingerprint density at radius 2 is 2.12 bits per heavy atom. The minimum absolute atomic E-state index is 0.0901. The number of aromatic nitrogens is 1. The highest BCUT2D eigenvalue weighted by Crippen LogP contribution is 2.44. The molecule has 3 heterocycles. The molecule has 4 nitrogen and oxygen atoms in total. The first-order valence-corrected chi connectivity index (χ1v) is 9.24. The molecule has 5 heteroatoms. The van der Waals surface area contributed by atoms with E-state index in [1.54, 1.807) is 5.51 Å². The first-order chi connectivity index (χ1) is 11.4. The van der Waals surface area contributed by atoms with Crippen molar-refractivity contribution in [1.82, 2.24) is 9.88 Å². The number of rotatable bonds is 1. The van der Waals surface area contributed by atoms with E-state index in [0.717, 1.165) is 23.5 Å². The summed E-state index contributed by atoms with van der Waals surface area (Å²) >= 11 is 1.44. The van der Waals surface area contributed by atoms with Crippen LogP contribution in [0.4, 0.5) is 0 Å². The summed E-state index contributed by atoms with van der Waals surface area (Å²) in [4.78, 5) is 20.2. The summed E-state index contributed by atoms with van der Waals surface area (Å²) in [6.45, 7) is 8.30. The number of ether oxygens (including phenoxy) is 1. The fourth-order valence-electron chi connectivity index (χ4n) is 3.75. The van der Waals surface area contributed by atoms with E-state index in [1.165, 1.54) is 22.5 Å². The smallest absolute Gasteiger partial charge is 0.265 e. The zero-order valence-electron chi connectivity index (χ0n) is 14.3. The van der Waals surface area contributed by atoms with Crippen molar-refractivity contribution in [3.05, 3.63) is 51.5 Å². The summed E-state index contributed by atoms with van der Waals surface area (Å²) in [5, 5.41) is 0. The van der Waals surface area contributed by atoms with Crippen LogP contribution >= 0.6 is 11.3 Å². The van der Waals surface area contributed by atoms with Gasteiger partial charge in [-0.1, -0.05) is 45.0 Å². The molecule has 0 N–H and O–H groups in total. The summed E-state index contributed by atoms with van der Waals surface area (Å²) in [6.07, 6.45) is 0.861. The zero-order valence-corrected chi connectivity index (χ0v) is 15.2. The van der Waals surface area contributed by atoms with Crippen LogP contribution in [-0.4, -0.2) is 28.9 Å². The van der Waals surface area contributed by atoms with Crippen molar-refractivity contribution >= 4 is 17.2 Å². The van der Waals surface area contributed by atoms with Gasteiger partial charge in [-0.2, -0.15) is 0 Å². The van der Waals surface area contributed by atoms with Crippen LogP contribution in [0.3, 0.4) is 0 Å². The minimum atomic E-state index is -0.321. The molecule has 24 heavy (non-hydrogen) atoms. The maximum Gasteiger partial charge on any atom is 0.265 e. The molecule has 1 fully saturated rings. The largest absolute Gasteiger partial charge is 0.364 e. The van der Waals surface area contributed by atoms with Crippen LogP contribution in [0.15, 0.2) is 29.8 Å². The number of benzene rings is 1. The third-order valence-electron chi connectivity index (χ3n) is 5.00. The van der Waals surface area contributed by atoms with Gasteiger partial charge in [-0.15, -0.1) is 11.3 Å². The molecular formula is C19H22N2O2S. The first kappa shape index (κ1) is 15.8. The van der Waals surface area contributed by atoms with Crippen LogP contribution in [0.25, 0.3) is 0 Å². The van der Waals surface area contributed by atoms with Crippen LogP contribution in [0.1, 0.15) is 53.7 Å². The zero-order chi connectivity index (χ0) is 16.9. The Labute approximate surface area is 146 Å². The van der Waals surface area contributed by atoms with Crippen molar-refractivity contribution in [1.29, 1.82) is 0 Å². The predicted octanol–water partition coefficient (Wildman–Crippen LogP) is 3.71. The lowest BCUT2D eigenvalue weighted by Crippen LogP contribution is -2.35. The number of thiazole rings is 1. The van der Waals surface area contributed by atoms with Crippen LogP contribution in [0.5, 0.6) is 0 Å². The van der Waals surface area contributed by atoms with E-state index in [9.17, 15) is 4.79 Å². The Morgan fingerprint density at radius 1 is 1.33 bits per heavy atom. The van der Waals surface area contributed by atoms with Gasteiger partial charge in [-0.3, -0.25) is 4.79 Å². The van der Waals surface area contributed by atoms with Gasteiger partial charge in [0.15, 0.2) is 0 Å². The molecule has 1 amide bonds. The monoisotopic (exact) mass is 342 g/mol. The lowest BCUT2D eigenvalue weighted by molar-refractivity contribution is -0.0282. The molecule has 1 spiro atoms. The number of carbonyl (C=O) groups excluding carboxylic acids is 1. The molecule has 1 saturated heterocycles. The van der Waals surface area contributed by atoms with Gasteiger partial charge in [0.25, 0.3) is 5.91 Å². The van der Waals surface area contributed by atoms with Crippen molar-refractivity contribution in [3.8, 4) is 0 Å². The van der Waals surface area contributed by atoms with Gasteiger partial charge in [0.05, 0.1) is 24.4 Å². The van der Waals surface area contributed by atoms with Crippen LogP contribution in [0, 0.1) is 0 Å². The Hall–Kier alpha value is -1.72. The number of nitrogens with zero attached hydrogens (tertiary/aromatic N) is 2. The topological polar surface area (TPSA) is 42.4 Å². The summed E-state index contributed by atoms with van der Waals surface area (Å²) in [7, 11) is 0. The molecule has 1 atom stereocenters. The quantitative estimate of drug-likeness (QED) is 0.793. The Bertz CT molecular complexity index is 793. The van der Waals surface area contributed by atoms with Gasteiger partial charge in [0.1, 0.15) is 10.5 Å². The number of fused-ring (bicyclic) bond motifs is 2. The third kappa shape index (κ3) is 2.38. The molecule has 1 aromatic heterocycles. The molecule has 2 aliphatic heterocycles. The first-order valence-electron chi connectivity index (χ1n) is 8.36. The van der Waals surface area contributed by atoms with E-state index < -0.39 is 0 Å². The molecule has 126 valence electrons. The molecule has 0 bridgehead atoms. The van der Waals surface area contributed by atoms with Crippen LogP contribution < -0.4 is 0 Å². The Morgan fingerprint density at radius 3 is 2.92 bits per heavy atom. The van der Waals surface area contributed by atoms with Crippen molar-refractivity contribution in [3.63, 3.8) is 0 Å². The summed E-state index contributed by atoms with van der Waals surface area (Å²) in [5.74, 6) is 0.0901. The van der Waals surface area contributed by atoms with Crippen molar-refractivity contribution < 1.29 is 9.53 Å². The van der Waals surface area contributed by atoms with E-state index in [2.05, 4.69) is 44.0 Å². The molecule has 0 saturated carbocycles. The van der Waals surface area contributed by atoms with E-state index in [4.69, 9.17) is 4.74 Å². The highest BCUT2D eigenvalue weighted by Gasteiger charge is 2.47. The van der Waals surface area contributed by atoms with Gasteiger partial charge in [0.2, 0.25) is 0 Å². The maximum atomic E-state index is 13.1. The second-order valence-electron chi connectivity index (χ2n) is 7.70. The number of carbonyl (C=O) groups is 1. The molecule has 0 aliphatic carbocycles. The van der Waals surface area contributed by atoms with Crippen LogP contribution in [-0.2, 0) is 22.4 Å². The number of likely N-dealkylation sites (tertiary alicyclic amines) is 1. The van der Waals surface area contributed by atoms with E-state index in [-0.39, 0.29) is 16.9 Å². The number of hydrogen-bond donors (Lipinski definition) is 0. The summed E-state index contributed by atoms with van der Waals surface area (Å²) in [6, 6.07) is 8.37. The van der Waals surface area contributed by atoms with E-state index >= 15 is 0 Å². The van der Waals surface area contributed by atoms with Gasteiger partial charge in [-0.05, 0) is 17.5 Å². The minimum Gasteiger partial charge on any atom is -0.364 e. The van der Waals surface area contributed by atoms with Gasteiger partial charge < -0.3 is 9.64 Å². The number of hydrogen-bond acceptors (Lipinski definition) is 4. The van der Waals surface area contributed by atoms with Crippen LogP contribution in [0.2, 0.25) is 0 Å². The lowest BCUT2D eigenvalue weighted by Gasteiger charge is -2.25. The average molecular weight is 342 g/mol. The molecule has 1 aromatic carbocycles. The molecule has 0 radical (unpaired) electrons. The highest BCUT2D eigenvalue weighted by atomic mass is 32.1. The third-order valence-corrected chi connectivity index (χ3v) is 5.82. The summed E-state index contributed by atoms with van der Waals surface area (Å²) < 4.78 is 6.16. The normalized spacial score (nSPS) is 23.0. The van der Waals surface area contributed by atoms with Crippen molar-refractivity contribution in [2.24, 2.45) is 0 Å². The summed E-state index contributed by atoms with van der Waals surface area (Å²) in [5.41, 5.74) is 4.73. The molecule has 4 rings (SSSR count). The van der Waals surface area contributed by atoms with Gasteiger partial charge in [0, 0.05) is 12.0 Å². The highest BCUT2D eigenvalue weighted by molar-refractivity contribution is 7.11. The van der Waals surface area contributed by atoms with Crippen molar-refractivity contribution in [2.45, 2.75) is 44.8 Å². The van der Waals surface area contributed by atoms with Gasteiger partial charge in [-0.25, -0.2) is 4.98 Å². The predicted molar refractivity (Wildman–Crippen MR) is 94.2 cm³/mol.